The predicted molar refractivity (Wildman–Crippen MR) is 143 cm³/mol. The highest BCUT2D eigenvalue weighted by molar-refractivity contribution is 7.93. The van der Waals surface area contributed by atoms with E-state index >= 15 is 0 Å². The summed E-state index contributed by atoms with van der Waals surface area (Å²) < 4.78 is 69.1. The van der Waals surface area contributed by atoms with Crippen LogP contribution in [0.4, 0.5) is 30.2 Å². The number of carbonyl (C=O) groups excluding carboxylic acids is 1. The number of nitrogens with one attached hydrogen (secondary N) is 3. The maximum Gasteiger partial charge on any atom is 0.516 e. The second kappa shape index (κ2) is 10.7. The van der Waals surface area contributed by atoms with Gasteiger partial charge in [-0.1, -0.05) is 42.5 Å². The lowest BCUT2D eigenvalue weighted by atomic mass is 9.99. The van der Waals surface area contributed by atoms with Crippen LogP contribution in [-0.2, 0) is 26.1 Å². The van der Waals surface area contributed by atoms with Gasteiger partial charge in [0.2, 0.25) is 0 Å². The van der Waals surface area contributed by atoms with Crippen molar-refractivity contribution in [2.24, 2.45) is 0 Å². The Morgan fingerprint density at radius 1 is 0.949 bits per heavy atom. The fourth-order valence-electron chi connectivity index (χ4n) is 4.43. The van der Waals surface area contributed by atoms with Crippen molar-refractivity contribution in [3.8, 4) is 0 Å². The first kappa shape index (κ1) is 26.7. The number of benzene rings is 3. The number of hydrogen-bond acceptors (Lipinski definition) is 6. The monoisotopic (exact) mass is 558 g/mol. The van der Waals surface area contributed by atoms with Gasteiger partial charge in [-0.3, -0.25) is 14.4 Å². The standard InChI is InChI=1S/C27H25F3N4O4S/c28-27(29,30)39(36,37)33-21-10-11-23-22(16-21)24(26(35)32-23)25(19-4-2-1-3-5-19)31-20-8-6-18(7-9-20)17-34-12-14-38-15-13-34/h1-11,16,31,33H,12-15,17H2,(H,32,35). The van der Waals surface area contributed by atoms with Gasteiger partial charge in [-0.2, -0.15) is 21.6 Å². The number of morpholine rings is 1. The van der Waals surface area contributed by atoms with Crippen molar-refractivity contribution in [1.29, 1.82) is 0 Å². The van der Waals surface area contributed by atoms with E-state index in [0.29, 0.717) is 35.8 Å². The molecule has 3 aromatic rings. The molecule has 0 aliphatic carbocycles. The molecule has 204 valence electrons. The highest BCUT2D eigenvalue weighted by Crippen LogP contribution is 2.39. The van der Waals surface area contributed by atoms with Gasteiger partial charge in [0.05, 0.1) is 24.5 Å². The SMILES string of the molecule is O=C1Nc2ccc(NS(=O)(=O)C(F)(F)F)cc2C1=C(Nc1ccc(CN2CCOCC2)cc1)c1ccccc1. The highest BCUT2D eigenvalue weighted by Gasteiger charge is 2.46. The van der Waals surface area contributed by atoms with E-state index in [1.54, 1.807) is 29.0 Å². The van der Waals surface area contributed by atoms with Crippen LogP contribution in [0.15, 0.2) is 72.8 Å². The molecule has 12 heteroatoms. The van der Waals surface area contributed by atoms with Gasteiger partial charge in [0.15, 0.2) is 0 Å². The van der Waals surface area contributed by atoms with Crippen molar-refractivity contribution in [3.05, 3.63) is 89.5 Å². The number of alkyl halides is 3. The number of halogens is 3. The number of sulfonamides is 1. The summed E-state index contributed by atoms with van der Waals surface area (Å²) in [5.41, 5.74) is -2.13. The van der Waals surface area contributed by atoms with Crippen LogP contribution < -0.4 is 15.4 Å². The molecule has 39 heavy (non-hydrogen) atoms. The summed E-state index contributed by atoms with van der Waals surface area (Å²) in [7, 11) is -5.63. The Morgan fingerprint density at radius 3 is 2.28 bits per heavy atom. The topological polar surface area (TPSA) is 99.8 Å². The average Bonchev–Trinajstić information content (AvgIpc) is 3.23. The summed E-state index contributed by atoms with van der Waals surface area (Å²) in [6, 6.07) is 20.5. The molecule has 0 radical (unpaired) electrons. The molecule has 1 saturated heterocycles. The smallest absolute Gasteiger partial charge is 0.379 e. The Kier molecular flexibility index (Phi) is 7.34. The van der Waals surface area contributed by atoms with Gasteiger partial charge >= 0.3 is 15.5 Å². The quantitative estimate of drug-likeness (QED) is 0.363. The average molecular weight is 559 g/mol. The zero-order valence-corrected chi connectivity index (χ0v) is 21.4. The highest BCUT2D eigenvalue weighted by atomic mass is 32.2. The summed E-state index contributed by atoms with van der Waals surface area (Å²) >= 11 is 0. The van der Waals surface area contributed by atoms with Gasteiger partial charge in [-0.05, 0) is 41.5 Å². The number of fused-ring (bicyclic) bond motifs is 1. The van der Waals surface area contributed by atoms with E-state index in [9.17, 15) is 26.4 Å². The molecule has 0 bridgehead atoms. The molecule has 0 unspecified atom stereocenters. The summed E-state index contributed by atoms with van der Waals surface area (Å²) in [5.74, 6) is -0.476. The van der Waals surface area contributed by atoms with Crippen molar-refractivity contribution >= 4 is 44.3 Å². The van der Waals surface area contributed by atoms with E-state index in [2.05, 4.69) is 15.5 Å². The summed E-state index contributed by atoms with van der Waals surface area (Å²) in [5, 5.41) is 6.00. The van der Waals surface area contributed by atoms with Crippen LogP contribution in [0.1, 0.15) is 16.7 Å². The van der Waals surface area contributed by atoms with Crippen molar-refractivity contribution in [2.45, 2.75) is 12.1 Å². The fraction of sp³-hybridized carbons (Fsp3) is 0.222. The molecule has 3 N–H and O–H groups in total. The van der Waals surface area contributed by atoms with Gasteiger partial charge in [-0.15, -0.1) is 0 Å². The van der Waals surface area contributed by atoms with Crippen molar-refractivity contribution in [2.75, 3.05) is 41.7 Å². The second-order valence-corrected chi connectivity index (χ2v) is 10.8. The molecule has 0 atom stereocenters. The Bertz CT molecular complexity index is 1500. The van der Waals surface area contributed by atoms with Crippen LogP contribution in [0.3, 0.4) is 0 Å². The molecule has 5 rings (SSSR count). The van der Waals surface area contributed by atoms with Gasteiger partial charge in [-0.25, -0.2) is 0 Å². The third kappa shape index (κ3) is 5.92. The molecular weight excluding hydrogens is 533 g/mol. The third-order valence-electron chi connectivity index (χ3n) is 6.37. The molecule has 8 nitrogen and oxygen atoms in total. The maximum absolute atomic E-state index is 13.1. The number of nitrogens with zero attached hydrogens (tertiary/aromatic N) is 1. The number of rotatable bonds is 7. The van der Waals surface area contributed by atoms with E-state index in [0.717, 1.165) is 31.3 Å². The molecule has 2 aliphatic heterocycles. The lowest BCUT2D eigenvalue weighted by Crippen LogP contribution is -2.35. The lowest BCUT2D eigenvalue weighted by Gasteiger charge is -2.26. The minimum atomic E-state index is -5.63. The zero-order chi connectivity index (χ0) is 27.6. The number of ether oxygens (including phenoxy) is 1. The summed E-state index contributed by atoms with van der Waals surface area (Å²) in [6.45, 7) is 3.91. The molecule has 3 aromatic carbocycles. The number of hydrogen-bond donors (Lipinski definition) is 3. The second-order valence-electron chi connectivity index (χ2n) is 9.09. The van der Waals surface area contributed by atoms with Crippen molar-refractivity contribution in [1.82, 2.24) is 4.90 Å². The maximum atomic E-state index is 13.1. The fourth-order valence-corrected chi connectivity index (χ4v) is 4.98. The van der Waals surface area contributed by atoms with Crippen molar-refractivity contribution in [3.63, 3.8) is 0 Å². The zero-order valence-electron chi connectivity index (χ0n) is 20.6. The Hall–Kier alpha value is -3.87. The normalized spacial score (nSPS) is 17.4. The molecule has 1 amide bonds. The summed E-state index contributed by atoms with van der Waals surface area (Å²) in [4.78, 5) is 15.4. The minimum Gasteiger partial charge on any atom is -0.379 e. The summed E-state index contributed by atoms with van der Waals surface area (Å²) in [6.07, 6.45) is 0. The molecule has 2 aliphatic rings. The van der Waals surface area contributed by atoms with E-state index in [-0.39, 0.29) is 16.8 Å². The van der Waals surface area contributed by atoms with E-state index < -0.39 is 21.4 Å². The van der Waals surface area contributed by atoms with Gasteiger partial charge in [0.1, 0.15) is 0 Å². The van der Waals surface area contributed by atoms with Crippen LogP contribution in [-0.4, -0.2) is 51.0 Å². The van der Waals surface area contributed by atoms with Crippen LogP contribution in [0.5, 0.6) is 0 Å². The Balaban J connectivity index is 1.50. The predicted octanol–water partition coefficient (Wildman–Crippen LogP) is 4.71. The van der Waals surface area contributed by atoms with E-state index in [1.807, 2.05) is 30.3 Å². The molecule has 0 spiro atoms. The van der Waals surface area contributed by atoms with Crippen LogP contribution >= 0.6 is 0 Å². The largest absolute Gasteiger partial charge is 0.516 e. The first-order chi connectivity index (χ1) is 18.6. The number of anilines is 3. The number of carbonyl (C=O) groups is 1. The minimum absolute atomic E-state index is 0.168. The van der Waals surface area contributed by atoms with E-state index in [1.165, 1.54) is 12.1 Å². The molecular formula is C27H25F3N4O4S. The van der Waals surface area contributed by atoms with Gasteiger partial charge in [0.25, 0.3) is 5.91 Å². The lowest BCUT2D eigenvalue weighted by molar-refractivity contribution is -0.110. The van der Waals surface area contributed by atoms with Gasteiger partial charge < -0.3 is 15.4 Å². The van der Waals surface area contributed by atoms with Crippen LogP contribution in [0.2, 0.25) is 0 Å². The molecule has 2 heterocycles. The Morgan fingerprint density at radius 2 is 1.62 bits per heavy atom. The van der Waals surface area contributed by atoms with Gasteiger partial charge in [0, 0.05) is 42.3 Å². The molecule has 0 aromatic heterocycles. The third-order valence-corrected chi connectivity index (χ3v) is 7.48. The van der Waals surface area contributed by atoms with E-state index in [4.69, 9.17) is 4.74 Å². The molecule has 0 saturated carbocycles. The van der Waals surface area contributed by atoms with Crippen molar-refractivity contribution < 1.29 is 31.1 Å². The molecule has 1 fully saturated rings. The van der Waals surface area contributed by atoms with Crippen LogP contribution in [0.25, 0.3) is 11.3 Å². The Labute approximate surface area is 223 Å². The first-order valence-electron chi connectivity index (χ1n) is 12.1. The van der Waals surface area contributed by atoms with Crippen LogP contribution in [0, 0.1) is 0 Å². The number of amides is 1. The first-order valence-corrected chi connectivity index (χ1v) is 13.6.